The Morgan fingerprint density at radius 2 is 1.98 bits per heavy atom. The maximum Gasteiger partial charge on any atom is 0.416 e. The quantitative estimate of drug-likeness (QED) is 0.321. The number of hydrogen-bond acceptors (Lipinski definition) is 6. The Bertz CT molecular complexity index is 1560. The molecule has 1 unspecified atom stereocenters. The Morgan fingerprint density at radius 1 is 1.15 bits per heavy atom. The van der Waals surface area contributed by atoms with Gasteiger partial charge >= 0.3 is 6.18 Å². The monoisotopic (exact) mass is 568 g/mol. The Labute approximate surface area is 232 Å². The number of amides is 2. The zero-order valence-corrected chi connectivity index (χ0v) is 21.7. The van der Waals surface area contributed by atoms with Gasteiger partial charge < -0.3 is 10.2 Å². The third kappa shape index (κ3) is 4.84. The van der Waals surface area contributed by atoms with E-state index < -0.39 is 28.1 Å². The highest BCUT2D eigenvalue weighted by molar-refractivity contribution is 6.05. The number of halogens is 4. The molecule has 0 radical (unpaired) electrons. The fraction of sp³-hybridized carbons (Fsp3) is 0.321. The van der Waals surface area contributed by atoms with Crippen molar-refractivity contribution in [2.45, 2.75) is 44.3 Å². The second kappa shape index (κ2) is 10.00. The summed E-state index contributed by atoms with van der Waals surface area (Å²) in [6.45, 7) is 0.502. The molecule has 2 saturated heterocycles. The van der Waals surface area contributed by atoms with Crippen LogP contribution in [0.15, 0.2) is 70.3 Å². The maximum absolute atomic E-state index is 15.6. The summed E-state index contributed by atoms with van der Waals surface area (Å²) in [6.07, 6.45) is 5.03. The van der Waals surface area contributed by atoms with Crippen molar-refractivity contribution in [2.75, 3.05) is 11.9 Å². The second-order valence-corrected chi connectivity index (χ2v) is 10.5. The molecule has 212 valence electrons. The van der Waals surface area contributed by atoms with E-state index in [1.54, 1.807) is 12.4 Å². The van der Waals surface area contributed by atoms with Gasteiger partial charge in [0.25, 0.3) is 11.7 Å². The van der Waals surface area contributed by atoms with Crippen LogP contribution in [-0.4, -0.2) is 50.9 Å². The van der Waals surface area contributed by atoms with Crippen molar-refractivity contribution < 1.29 is 31.7 Å². The highest BCUT2D eigenvalue weighted by Gasteiger charge is 2.48. The first-order valence-corrected chi connectivity index (χ1v) is 13.2. The number of fused-ring (bicyclic) bond motifs is 2. The van der Waals surface area contributed by atoms with Crippen molar-refractivity contribution in [3.8, 4) is 0 Å². The van der Waals surface area contributed by atoms with Crippen molar-refractivity contribution in [3.05, 3.63) is 82.8 Å². The van der Waals surface area contributed by atoms with E-state index in [1.807, 2.05) is 4.90 Å². The van der Waals surface area contributed by atoms with Crippen molar-refractivity contribution in [2.24, 2.45) is 21.7 Å². The van der Waals surface area contributed by atoms with Gasteiger partial charge in [-0.1, -0.05) is 0 Å². The lowest BCUT2D eigenvalue weighted by Crippen LogP contribution is -2.53. The molecule has 2 amide bonds. The number of carbonyl (C=O) groups excluding carboxylic acids is 2. The number of nitrogens with two attached hydrogens (primary N) is 1. The Kier molecular flexibility index (Phi) is 6.57. The minimum atomic E-state index is -4.61. The summed E-state index contributed by atoms with van der Waals surface area (Å²) in [5, 5.41) is 2.27. The summed E-state index contributed by atoms with van der Waals surface area (Å²) >= 11 is 0. The first-order chi connectivity index (χ1) is 19.5. The smallest absolute Gasteiger partial charge is 0.339 e. The molecule has 4 aliphatic heterocycles. The lowest BCUT2D eigenvalue weighted by molar-refractivity contribution is -0.750. The Hall–Kier alpha value is -4.23. The average molecular weight is 569 g/mol. The fourth-order valence-corrected chi connectivity index (χ4v) is 5.88. The molecule has 1 aromatic heterocycles. The number of nitrogens with zero attached hydrogens (tertiary/aromatic N) is 5. The molecule has 3 atom stereocenters. The molecule has 41 heavy (non-hydrogen) atoms. The number of quaternary nitrogens is 1. The molecule has 0 spiro atoms. The number of anilines is 1. The first-order valence-electron chi connectivity index (χ1n) is 13.2. The third-order valence-electron chi connectivity index (χ3n) is 7.96. The van der Waals surface area contributed by atoms with Gasteiger partial charge in [-0.05, 0) is 56.0 Å². The summed E-state index contributed by atoms with van der Waals surface area (Å²) in [5.41, 5.74) is 0.169. The van der Waals surface area contributed by atoms with Crippen LogP contribution in [0.2, 0.25) is 0 Å². The third-order valence-corrected chi connectivity index (χ3v) is 7.96. The molecule has 0 aliphatic carbocycles. The van der Waals surface area contributed by atoms with Gasteiger partial charge in [-0.3, -0.25) is 14.6 Å². The van der Waals surface area contributed by atoms with Crippen molar-refractivity contribution in [3.63, 3.8) is 0 Å². The zero-order valence-electron chi connectivity index (χ0n) is 21.7. The molecule has 5 heterocycles. The molecule has 0 saturated carbocycles. The van der Waals surface area contributed by atoms with Crippen LogP contribution in [-0.2, 0) is 11.0 Å². The van der Waals surface area contributed by atoms with Crippen LogP contribution in [0.5, 0.6) is 0 Å². The number of aliphatic imine (C=N–C) groups is 2. The number of benzene rings is 1. The number of allylic oxidation sites excluding steroid dienone is 1. The molecular weight excluding hydrogens is 542 g/mol. The van der Waals surface area contributed by atoms with E-state index in [0.717, 1.165) is 44.0 Å². The van der Waals surface area contributed by atoms with Crippen LogP contribution in [0.3, 0.4) is 0 Å². The lowest BCUT2D eigenvalue weighted by atomic mass is 9.85. The SMILES string of the molecule is N[N+]12C=CN=CC1=C([C@H]1CC[C@H]3CCCC(=O)N3C1)N=C2c1ccc(C(=O)Nc2cc(C(F)(F)F)ccn2)cc1F. The van der Waals surface area contributed by atoms with Gasteiger partial charge in [-0.15, -0.1) is 4.59 Å². The van der Waals surface area contributed by atoms with E-state index in [2.05, 4.69) is 15.3 Å². The Morgan fingerprint density at radius 3 is 2.76 bits per heavy atom. The summed E-state index contributed by atoms with van der Waals surface area (Å²) in [5.74, 6) is 5.03. The second-order valence-electron chi connectivity index (χ2n) is 10.5. The predicted octanol–water partition coefficient (Wildman–Crippen LogP) is 4.50. The summed E-state index contributed by atoms with van der Waals surface area (Å²) in [4.78, 5) is 40.0. The number of hydrogen-bond donors (Lipinski definition) is 2. The molecule has 3 N–H and O–H groups in total. The van der Waals surface area contributed by atoms with Crippen LogP contribution in [0.25, 0.3) is 0 Å². The van der Waals surface area contributed by atoms with E-state index in [9.17, 15) is 22.8 Å². The lowest BCUT2D eigenvalue weighted by Gasteiger charge is -2.42. The van der Waals surface area contributed by atoms with E-state index in [-0.39, 0.29) is 40.6 Å². The van der Waals surface area contributed by atoms with E-state index >= 15 is 4.39 Å². The molecule has 4 aliphatic rings. The normalized spacial score (nSPS) is 25.6. The highest BCUT2D eigenvalue weighted by Crippen LogP contribution is 2.40. The van der Waals surface area contributed by atoms with Crippen molar-refractivity contribution in [1.29, 1.82) is 0 Å². The number of carbonyl (C=O) groups is 2. The van der Waals surface area contributed by atoms with E-state index in [1.165, 1.54) is 18.3 Å². The number of nitrogens with one attached hydrogen (secondary N) is 1. The van der Waals surface area contributed by atoms with Crippen LogP contribution in [0, 0.1) is 11.7 Å². The number of alkyl halides is 3. The topological polar surface area (TPSA) is 113 Å². The van der Waals surface area contributed by atoms with Gasteiger partial charge in [0.2, 0.25) is 11.6 Å². The molecule has 9 nitrogen and oxygen atoms in total. The first kappa shape index (κ1) is 27.0. The number of piperidine rings is 2. The van der Waals surface area contributed by atoms with Crippen molar-refractivity contribution >= 4 is 29.7 Å². The fourth-order valence-electron chi connectivity index (χ4n) is 5.88. The van der Waals surface area contributed by atoms with Crippen LogP contribution < -0.4 is 11.2 Å². The summed E-state index contributed by atoms with van der Waals surface area (Å²) in [7, 11) is 0. The molecular formula is C28H26F4N7O2+. The van der Waals surface area contributed by atoms with Gasteiger partial charge in [-0.2, -0.15) is 24.0 Å². The Balaban J connectivity index is 1.27. The molecule has 2 fully saturated rings. The van der Waals surface area contributed by atoms with Gasteiger partial charge in [0.05, 0.1) is 23.5 Å². The largest absolute Gasteiger partial charge is 0.416 e. The van der Waals surface area contributed by atoms with Crippen LogP contribution in [0.4, 0.5) is 23.4 Å². The minimum absolute atomic E-state index is 0.0522. The standard InChI is InChI=1S/C28H25F4N7O2/c29-21-12-16(27(41)36-23-13-18(8-9-35-23)28(30,31)32)5-7-20(21)26-37-25(22-14-34-10-11-39(22,26)33)17-4-6-19-2-1-3-24(40)38(19)15-17/h5,7-14,17,19H,1-4,6,15,33H2/p+1/t17-,19+,39?/m0/s1. The number of aromatic nitrogens is 1. The van der Waals surface area contributed by atoms with E-state index in [4.69, 9.17) is 10.8 Å². The predicted molar refractivity (Wildman–Crippen MR) is 141 cm³/mol. The summed E-state index contributed by atoms with van der Waals surface area (Å²) in [6, 6.07) is 5.38. The molecule has 0 bridgehead atoms. The summed E-state index contributed by atoms with van der Waals surface area (Å²) < 4.78 is 54.2. The molecule has 13 heteroatoms. The maximum atomic E-state index is 15.6. The number of amidine groups is 1. The van der Waals surface area contributed by atoms with Gasteiger partial charge in [0.15, 0.2) is 0 Å². The van der Waals surface area contributed by atoms with Crippen molar-refractivity contribution in [1.82, 2.24) is 9.88 Å². The van der Waals surface area contributed by atoms with E-state index in [0.29, 0.717) is 30.4 Å². The molecule has 6 rings (SSSR count). The van der Waals surface area contributed by atoms with Gasteiger partial charge in [0, 0.05) is 36.7 Å². The average Bonchev–Trinajstić information content (AvgIpc) is 3.25. The highest BCUT2D eigenvalue weighted by atomic mass is 19.4. The van der Waals surface area contributed by atoms with Gasteiger partial charge in [0.1, 0.15) is 23.5 Å². The minimum Gasteiger partial charge on any atom is -0.339 e. The van der Waals surface area contributed by atoms with Crippen LogP contribution in [0.1, 0.15) is 53.6 Å². The van der Waals surface area contributed by atoms with Crippen LogP contribution >= 0.6 is 0 Å². The molecule has 1 aromatic carbocycles. The van der Waals surface area contributed by atoms with Gasteiger partial charge in [-0.25, -0.2) is 9.37 Å². The molecule has 2 aromatic rings. The zero-order chi connectivity index (χ0) is 28.9. The number of rotatable bonds is 4. The number of pyridine rings is 1.